The molecule has 1 aliphatic heterocycles. The van der Waals surface area contributed by atoms with Crippen LogP contribution in [0.3, 0.4) is 0 Å². The van der Waals surface area contributed by atoms with Crippen molar-refractivity contribution in [3.63, 3.8) is 0 Å². The van der Waals surface area contributed by atoms with Crippen LogP contribution in [0.15, 0.2) is 59.8 Å². The number of halogens is 4. The van der Waals surface area contributed by atoms with E-state index in [4.69, 9.17) is 5.14 Å². The summed E-state index contributed by atoms with van der Waals surface area (Å²) in [5.41, 5.74) is 0.763. The SMILES string of the molecule is NS(=O)c1ccc(CNc2ncnc(N3CCCC3c3ccc(C(F)(F)F)cc3)c2F)cc1. The van der Waals surface area contributed by atoms with Gasteiger partial charge in [-0.25, -0.2) is 19.3 Å². The Morgan fingerprint density at radius 3 is 2.42 bits per heavy atom. The van der Waals surface area contributed by atoms with Gasteiger partial charge in [0, 0.05) is 13.1 Å². The summed E-state index contributed by atoms with van der Waals surface area (Å²) in [4.78, 5) is 10.3. The second-order valence-corrected chi connectivity index (χ2v) is 8.69. The van der Waals surface area contributed by atoms with Crippen LogP contribution in [0.2, 0.25) is 0 Å². The number of anilines is 2. The van der Waals surface area contributed by atoms with Crippen molar-refractivity contribution in [2.45, 2.75) is 36.5 Å². The fourth-order valence-electron chi connectivity index (χ4n) is 3.87. The van der Waals surface area contributed by atoms with Crippen molar-refractivity contribution in [2.75, 3.05) is 16.8 Å². The average Bonchev–Trinajstić information content (AvgIpc) is 3.28. The van der Waals surface area contributed by atoms with E-state index in [0.717, 1.165) is 24.1 Å². The normalized spacial score (nSPS) is 17.2. The third-order valence-electron chi connectivity index (χ3n) is 5.53. The fraction of sp³-hybridized carbons (Fsp3) is 0.273. The van der Waals surface area contributed by atoms with Crippen LogP contribution >= 0.6 is 0 Å². The molecule has 4 rings (SSSR count). The number of nitrogens with zero attached hydrogens (tertiary/aromatic N) is 3. The van der Waals surface area contributed by atoms with Gasteiger partial charge in [0.05, 0.1) is 16.5 Å². The van der Waals surface area contributed by atoms with Crippen molar-refractivity contribution in [2.24, 2.45) is 5.14 Å². The number of hydrogen-bond donors (Lipinski definition) is 2. The molecule has 0 amide bonds. The third kappa shape index (κ3) is 5.14. The maximum Gasteiger partial charge on any atom is 0.416 e. The Kier molecular flexibility index (Phi) is 6.61. The lowest BCUT2D eigenvalue weighted by atomic mass is 10.0. The monoisotopic (exact) mass is 479 g/mol. The average molecular weight is 480 g/mol. The lowest BCUT2D eigenvalue weighted by Gasteiger charge is -2.27. The van der Waals surface area contributed by atoms with Crippen LogP contribution < -0.4 is 15.4 Å². The van der Waals surface area contributed by atoms with Crippen LogP contribution in [0, 0.1) is 5.82 Å². The second kappa shape index (κ2) is 9.44. The van der Waals surface area contributed by atoms with Crippen molar-refractivity contribution in [1.29, 1.82) is 0 Å². The zero-order valence-electron chi connectivity index (χ0n) is 17.3. The zero-order valence-corrected chi connectivity index (χ0v) is 18.2. The first-order valence-electron chi connectivity index (χ1n) is 10.2. The number of rotatable bonds is 6. The van der Waals surface area contributed by atoms with Gasteiger partial charge >= 0.3 is 6.18 Å². The summed E-state index contributed by atoms with van der Waals surface area (Å²) in [6, 6.07) is 11.4. The van der Waals surface area contributed by atoms with Gasteiger partial charge in [0.1, 0.15) is 17.3 Å². The quantitative estimate of drug-likeness (QED) is 0.506. The number of benzene rings is 2. The van der Waals surface area contributed by atoms with E-state index in [1.807, 2.05) is 0 Å². The first-order chi connectivity index (χ1) is 15.7. The number of aromatic nitrogens is 2. The van der Waals surface area contributed by atoms with Crippen LogP contribution in [-0.2, 0) is 23.7 Å². The summed E-state index contributed by atoms with van der Waals surface area (Å²) in [7, 11) is -1.57. The Labute approximate surface area is 190 Å². The van der Waals surface area contributed by atoms with Gasteiger partial charge < -0.3 is 10.2 Å². The Balaban J connectivity index is 1.51. The van der Waals surface area contributed by atoms with Crippen molar-refractivity contribution < 1.29 is 21.8 Å². The molecule has 0 bridgehead atoms. The fourth-order valence-corrected chi connectivity index (χ4v) is 4.28. The molecule has 3 N–H and O–H groups in total. The van der Waals surface area contributed by atoms with E-state index in [1.165, 1.54) is 18.5 Å². The van der Waals surface area contributed by atoms with E-state index >= 15 is 4.39 Å². The van der Waals surface area contributed by atoms with Gasteiger partial charge in [0.2, 0.25) is 5.82 Å². The molecule has 3 aromatic rings. The van der Waals surface area contributed by atoms with E-state index in [9.17, 15) is 17.4 Å². The first kappa shape index (κ1) is 23.1. The Morgan fingerprint density at radius 2 is 1.79 bits per heavy atom. The predicted molar refractivity (Wildman–Crippen MR) is 117 cm³/mol. The molecule has 0 radical (unpaired) electrons. The van der Waals surface area contributed by atoms with Gasteiger partial charge in [0.25, 0.3) is 0 Å². The zero-order chi connectivity index (χ0) is 23.6. The van der Waals surface area contributed by atoms with Crippen LogP contribution in [0.5, 0.6) is 0 Å². The van der Waals surface area contributed by atoms with Gasteiger partial charge in [-0.3, -0.25) is 0 Å². The number of alkyl halides is 3. The minimum atomic E-state index is -4.41. The van der Waals surface area contributed by atoms with Crippen molar-refractivity contribution in [3.05, 3.63) is 77.4 Å². The molecule has 33 heavy (non-hydrogen) atoms. The van der Waals surface area contributed by atoms with Gasteiger partial charge in [-0.1, -0.05) is 24.3 Å². The van der Waals surface area contributed by atoms with Crippen molar-refractivity contribution in [3.8, 4) is 0 Å². The highest BCUT2D eigenvalue weighted by molar-refractivity contribution is 7.82. The number of hydrogen-bond acceptors (Lipinski definition) is 5. The van der Waals surface area contributed by atoms with E-state index < -0.39 is 28.5 Å². The number of nitrogens with one attached hydrogen (secondary N) is 1. The standard InChI is InChI=1S/C22H21F4N5OS/c23-19-20(28-12-14-3-9-17(10-4-14)33(27)32)29-13-30-21(19)31-11-1-2-18(31)15-5-7-16(8-6-15)22(24,25)26/h3-10,13,18H,1-2,11-12,27H2,(H,28,29,30). The lowest BCUT2D eigenvalue weighted by Crippen LogP contribution is -2.25. The Bertz CT molecular complexity index is 1140. The van der Waals surface area contributed by atoms with Crippen molar-refractivity contribution >= 4 is 22.6 Å². The molecule has 11 heteroatoms. The molecule has 1 saturated heterocycles. The summed E-state index contributed by atoms with van der Waals surface area (Å²) in [6.07, 6.45) is -1.72. The Morgan fingerprint density at radius 1 is 1.09 bits per heavy atom. The lowest BCUT2D eigenvalue weighted by molar-refractivity contribution is -0.137. The van der Waals surface area contributed by atoms with E-state index in [-0.39, 0.29) is 24.2 Å². The van der Waals surface area contributed by atoms with Crippen LogP contribution in [-0.4, -0.2) is 20.7 Å². The third-order valence-corrected chi connectivity index (χ3v) is 6.27. The summed E-state index contributed by atoms with van der Waals surface area (Å²) >= 11 is 0. The minimum Gasteiger partial charge on any atom is -0.363 e. The molecule has 1 fully saturated rings. The molecule has 0 spiro atoms. The molecule has 1 aromatic heterocycles. The molecule has 2 unspecified atom stereocenters. The minimum absolute atomic E-state index is 0.0181. The highest BCUT2D eigenvalue weighted by Gasteiger charge is 2.33. The second-order valence-electron chi connectivity index (χ2n) is 7.63. The predicted octanol–water partition coefficient (Wildman–Crippen LogP) is 4.57. The highest BCUT2D eigenvalue weighted by atomic mass is 32.2. The van der Waals surface area contributed by atoms with E-state index in [0.29, 0.717) is 23.4 Å². The van der Waals surface area contributed by atoms with Crippen LogP contribution in [0.4, 0.5) is 29.2 Å². The summed E-state index contributed by atoms with van der Waals surface area (Å²) in [5, 5.41) is 8.28. The molecule has 2 heterocycles. The maximum absolute atomic E-state index is 15.3. The smallest absolute Gasteiger partial charge is 0.363 e. The molecular weight excluding hydrogens is 458 g/mol. The summed E-state index contributed by atoms with van der Waals surface area (Å²) in [6.45, 7) is 0.796. The van der Waals surface area contributed by atoms with E-state index in [2.05, 4.69) is 15.3 Å². The topological polar surface area (TPSA) is 84.1 Å². The van der Waals surface area contributed by atoms with Crippen LogP contribution in [0.25, 0.3) is 0 Å². The number of nitrogens with two attached hydrogens (primary N) is 1. The van der Waals surface area contributed by atoms with Crippen LogP contribution in [0.1, 0.15) is 35.6 Å². The molecule has 0 aliphatic carbocycles. The van der Waals surface area contributed by atoms with Gasteiger partial charge in [0.15, 0.2) is 11.6 Å². The summed E-state index contributed by atoms with van der Waals surface area (Å²) < 4.78 is 65.2. The first-order valence-corrected chi connectivity index (χ1v) is 11.4. The molecule has 6 nitrogen and oxygen atoms in total. The molecule has 0 saturated carbocycles. The largest absolute Gasteiger partial charge is 0.416 e. The van der Waals surface area contributed by atoms with Gasteiger partial charge in [-0.05, 0) is 48.2 Å². The molecule has 2 atom stereocenters. The molecule has 174 valence electrons. The van der Waals surface area contributed by atoms with E-state index in [1.54, 1.807) is 29.2 Å². The molecular formula is C22H21F4N5OS. The van der Waals surface area contributed by atoms with Gasteiger partial charge in [-0.2, -0.15) is 17.6 Å². The Hall–Kier alpha value is -3.05. The molecule has 2 aromatic carbocycles. The van der Waals surface area contributed by atoms with Gasteiger partial charge in [-0.15, -0.1) is 0 Å². The maximum atomic E-state index is 15.3. The molecule has 1 aliphatic rings. The van der Waals surface area contributed by atoms with Crippen molar-refractivity contribution in [1.82, 2.24) is 9.97 Å². The highest BCUT2D eigenvalue weighted by Crippen LogP contribution is 2.38. The summed E-state index contributed by atoms with van der Waals surface area (Å²) in [5.74, 6) is -0.510.